The Kier molecular flexibility index (Phi) is 15.8. The number of Topliss-reactive ketones (excluding diaryl/α,β-unsaturated/α-hetero) is 1. The third-order valence-electron chi connectivity index (χ3n) is 1.83. The first kappa shape index (κ1) is 21.5. The molecule has 0 N–H and O–H groups in total. The maximum Gasteiger partial charge on any atom is 0.205 e. The molecule has 3 heteroatoms. The zero-order valence-electron chi connectivity index (χ0n) is 10.6. The molecule has 98 valence electrons. The standard InChI is InChI=1S/C13H22O.2Co/c1-5-6-7-8-9-12(14)10-11-13(2,3)4;;/h5-9H2,1-4H3;;. The van der Waals surface area contributed by atoms with Crippen molar-refractivity contribution in [3.05, 3.63) is 0 Å². The first-order valence-electron chi connectivity index (χ1n) is 5.51. The van der Waals surface area contributed by atoms with Gasteiger partial charge in [0.15, 0.2) is 0 Å². The van der Waals surface area contributed by atoms with Crippen LogP contribution in [0.15, 0.2) is 0 Å². The Balaban J connectivity index is -0.000000845. The molecular weight excluding hydrogens is 290 g/mol. The van der Waals surface area contributed by atoms with Crippen molar-refractivity contribution < 1.29 is 38.4 Å². The second-order valence-corrected chi connectivity index (χ2v) is 4.73. The molecule has 0 aromatic carbocycles. The average molecular weight is 312 g/mol. The van der Waals surface area contributed by atoms with Gasteiger partial charge in [0, 0.05) is 45.4 Å². The summed E-state index contributed by atoms with van der Waals surface area (Å²) in [6.07, 6.45) is 5.20. The maximum atomic E-state index is 11.3. The van der Waals surface area contributed by atoms with Crippen LogP contribution in [-0.4, -0.2) is 5.78 Å². The molecule has 0 aliphatic carbocycles. The van der Waals surface area contributed by atoms with Crippen molar-refractivity contribution in [3.8, 4) is 11.8 Å². The largest absolute Gasteiger partial charge is 0.285 e. The first-order valence-corrected chi connectivity index (χ1v) is 5.51. The summed E-state index contributed by atoms with van der Waals surface area (Å²) in [5.41, 5.74) is -0.0565. The molecule has 0 atom stereocenters. The van der Waals surface area contributed by atoms with Crippen LogP contribution in [0.1, 0.15) is 59.8 Å². The summed E-state index contributed by atoms with van der Waals surface area (Å²) in [4.78, 5) is 11.3. The van der Waals surface area contributed by atoms with Gasteiger partial charge in [0.05, 0.1) is 0 Å². The minimum absolute atomic E-state index is 0. The zero-order valence-corrected chi connectivity index (χ0v) is 12.7. The fourth-order valence-corrected chi connectivity index (χ4v) is 1.03. The quantitative estimate of drug-likeness (QED) is 0.431. The second kappa shape index (κ2) is 11.7. The molecule has 0 aromatic heterocycles. The molecule has 0 spiro atoms. The fraction of sp³-hybridized carbons (Fsp3) is 0.769. The average Bonchev–Trinajstić information content (AvgIpc) is 2.08. The third kappa shape index (κ3) is 16.7. The van der Waals surface area contributed by atoms with Crippen LogP contribution in [0, 0.1) is 17.3 Å². The van der Waals surface area contributed by atoms with Crippen molar-refractivity contribution in [1.82, 2.24) is 0 Å². The Morgan fingerprint density at radius 2 is 1.62 bits per heavy atom. The van der Waals surface area contributed by atoms with Gasteiger partial charge in [-0.05, 0) is 33.1 Å². The van der Waals surface area contributed by atoms with E-state index in [-0.39, 0.29) is 44.8 Å². The first-order chi connectivity index (χ1) is 6.45. The van der Waals surface area contributed by atoms with Crippen LogP contribution in [0.5, 0.6) is 0 Å². The van der Waals surface area contributed by atoms with E-state index >= 15 is 0 Å². The summed E-state index contributed by atoms with van der Waals surface area (Å²) in [7, 11) is 0. The summed E-state index contributed by atoms with van der Waals surface area (Å²) in [5.74, 6) is 5.77. The number of carbonyl (C=O) groups excluding carboxylic acids is 1. The summed E-state index contributed by atoms with van der Waals surface area (Å²) in [6, 6.07) is 0. The van der Waals surface area contributed by atoms with E-state index in [9.17, 15) is 4.79 Å². The molecule has 0 saturated heterocycles. The predicted molar refractivity (Wildman–Crippen MR) is 61.0 cm³/mol. The Morgan fingerprint density at radius 1 is 1.06 bits per heavy atom. The van der Waals surface area contributed by atoms with Gasteiger partial charge in [-0.1, -0.05) is 32.1 Å². The smallest absolute Gasteiger partial charge is 0.205 e. The summed E-state index contributed by atoms with van der Waals surface area (Å²) in [6.45, 7) is 8.22. The minimum atomic E-state index is -0.0565. The van der Waals surface area contributed by atoms with Gasteiger partial charge >= 0.3 is 0 Å². The van der Waals surface area contributed by atoms with Crippen molar-refractivity contribution in [2.45, 2.75) is 59.8 Å². The molecule has 0 rings (SSSR count). The Bertz CT molecular complexity index is 231. The van der Waals surface area contributed by atoms with Gasteiger partial charge in [0.1, 0.15) is 0 Å². The van der Waals surface area contributed by atoms with Gasteiger partial charge in [-0.2, -0.15) is 0 Å². The van der Waals surface area contributed by atoms with E-state index in [4.69, 9.17) is 0 Å². The molecule has 0 amide bonds. The van der Waals surface area contributed by atoms with Crippen molar-refractivity contribution in [1.29, 1.82) is 0 Å². The van der Waals surface area contributed by atoms with Crippen LogP contribution in [0.3, 0.4) is 0 Å². The molecule has 0 aromatic rings. The molecule has 0 aliphatic rings. The maximum absolute atomic E-state index is 11.3. The summed E-state index contributed by atoms with van der Waals surface area (Å²) in [5, 5.41) is 0. The molecule has 16 heavy (non-hydrogen) atoms. The van der Waals surface area contributed by atoms with Gasteiger partial charge in [-0.25, -0.2) is 0 Å². The molecular formula is C13H22Co2O. The van der Waals surface area contributed by atoms with E-state index in [0.29, 0.717) is 6.42 Å². The van der Waals surface area contributed by atoms with Crippen LogP contribution < -0.4 is 0 Å². The van der Waals surface area contributed by atoms with Crippen molar-refractivity contribution in [2.24, 2.45) is 5.41 Å². The number of rotatable bonds is 5. The third-order valence-corrected chi connectivity index (χ3v) is 1.83. The van der Waals surface area contributed by atoms with Gasteiger partial charge in [0.2, 0.25) is 5.78 Å². The monoisotopic (exact) mass is 312 g/mol. The van der Waals surface area contributed by atoms with Crippen LogP contribution >= 0.6 is 0 Å². The Morgan fingerprint density at radius 3 is 2.06 bits per heavy atom. The van der Waals surface area contributed by atoms with Gasteiger partial charge in [-0.3, -0.25) is 4.79 Å². The topological polar surface area (TPSA) is 17.1 Å². The molecule has 0 bridgehead atoms. The number of hydrogen-bond donors (Lipinski definition) is 0. The molecule has 0 saturated carbocycles. The van der Waals surface area contributed by atoms with E-state index in [1.807, 2.05) is 20.8 Å². The van der Waals surface area contributed by atoms with Gasteiger partial charge in [0.25, 0.3) is 0 Å². The number of ketones is 1. The number of carbonyl (C=O) groups is 1. The van der Waals surface area contributed by atoms with Crippen molar-refractivity contribution >= 4 is 5.78 Å². The fourth-order valence-electron chi connectivity index (χ4n) is 1.03. The Hall–Kier alpha value is 0.243. The molecule has 0 unspecified atom stereocenters. The van der Waals surface area contributed by atoms with E-state index in [1.54, 1.807) is 0 Å². The normalized spacial score (nSPS) is 9.25. The van der Waals surface area contributed by atoms with Crippen LogP contribution in [-0.2, 0) is 38.4 Å². The van der Waals surface area contributed by atoms with Gasteiger partial charge in [-0.15, -0.1) is 0 Å². The summed E-state index contributed by atoms with van der Waals surface area (Å²) >= 11 is 0. The van der Waals surface area contributed by atoms with E-state index in [1.165, 1.54) is 12.8 Å². The SMILES string of the molecule is CCCCCCC(=O)C#CC(C)(C)C.[Co].[Co]. The minimum Gasteiger partial charge on any atom is -0.285 e. The molecule has 0 fully saturated rings. The van der Waals surface area contributed by atoms with E-state index in [2.05, 4.69) is 18.8 Å². The predicted octanol–water partition coefficient (Wildman–Crippen LogP) is 3.57. The van der Waals surface area contributed by atoms with Crippen LogP contribution in [0.2, 0.25) is 0 Å². The van der Waals surface area contributed by atoms with Crippen LogP contribution in [0.4, 0.5) is 0 Å². The Labute approximate surface area is 121 Å². The van der Waals surface area contributed by atoms with E-state index in [0.717, 1.165) is 12.8 Å². The molecule has 1 nitrogen and oxygen atoms in total. The van der Waals surface area contributed by atoms with Crippen molar-refractivity contribution in [2.75, 3.05) is 0 Å². The molecule has 0 aliphatic heterocycles. The zero-order chi connectivity index (χ0) is 11.0. The number of unbranched alkanes of at least 4 members (excludes halogenated alkanes) is 3. The molecule has 0 heterocycles. The second-order valence-electron chi connectivity index (χ2n) is 4.73. The van der Waals surface area contributed by atoms with E-state index < -0.39 is 0 Å². The number of hydrogen-bond acceptors (Lipinski definition) is 1. The van der Waals surface area contributed by atoms with Gasteiger partial charge < -0.3 is 0 Å². The van der Waals surface area contributed by atoms with Crippen LogP contribution in [0.25, 0.3) is 0 Å². The van der Waals surface area contributed by atoms with Crippen molar-refractivity contribution in [3.63, 3.8) is 0 Å². The summed E-state index contributed by atoms with van der Waals surface area (Å²) < 4.78 is 0. The molecule has 2 radical (unpaired) electrons.